The second-order valence-electron chi connectivity index (χ2n) is 9.63. The third kappa shape index (κ3) is 4.85. The van der Waals surface area contributed by atoms with Gasteiger partial charge in [-0.15, -0.1) is 0 Å². The molecule has 0 saturated carbocycles. The van der Waals surface area contributed by atoms with E-state index in [4.69, 9.17) is 18.0 Å². The molecule has 3 saturated heterocycles. The topological polar surface area (TPSA) is 90.7 Å². The fourth-order valence-electron chi connectivity index (χ4n) is 5.14. The van der Waals surface area contributed by atoms with Crippen LogP contribution in [0.2, 0.25) is 0 Å². The molecule has 3 aliphatic heterocycles. The van der Waals surface area contributed by atoms with Crippen LogP contribution in [0.5, 0.6) is 0 Å². The third-order valence-electron chi connectivity index (χ3n) is 6.85. The predicted octanol–water partition coefficient (Wildman–Crippen LogP) is 1.85. The van der Waals surface area contributed by atoms with Crippen LogP contribution in [-0.2, 0) is 4.79 Å². The number of piperidine rings is 1. The minimum absolute atomic E-state index is 0.00460. The minimum Gasteiger partial charge on any atom is -0.367 e. The number of thiocarbonyl (C=S) groups is 1. The van der Waals surface area contributed by atoms with Crippen molar-refractivity contribution in [1.29, 1.82) is 0 Å². The molecule has 0 aromatic heterocycles. The Kier molecular flexibility index (Phi) is 7.04. The molecule has 0 radical (unpaired) electrons. The summed E-state index contributed by atoms with van der Waals surface area (Å²) in [5.41, 5.74) is 5.46. The number of unbranched alkanes of at least 4 members (excludes halogenated alkanes) is 1. The van der Waals surface area contributed by atoms with Gasteiger partial charge >= 0.3 is 6.03 Å². The molecule has 3 atom stereocenters. The van der Waals surface area contributed by atoms with Crippen molar-refractivity contribution < 1.29 is 9.59 Å². The van der Waals surface area contributed by atoms with Gasteiger partial charge in [0, 0.05) is 38.3 Å². The van der Waals surface area contributed by atoms with E-state index < -0.39 is 0 Å². The number of carbonyl (C=O) groups excluding carboxylic acids is 2. The van der Waals surface area contributed by atoms with Crippen molar-refractivity contribution in [3.05, 3.63) is 0 Å². The lowest BCUT2D eigenvalue weighted by atomic mass is 9.74. The van der Waals surface area contributed by atoms with Crippen molar-refractivity contribution in [2.45, 2.75) is 77.4 Å². The first-order valence-corrected chi connectivity index (χ1v) is 11.5. The number of nitrogens with zero attached hydrogens (tertiary/aromatic N) is 2. The van der Waals surface area contributed by atoms with Crippen molar-refractivity contribution in [2.75, 3.05) is 26.2 Å². The summed E-state index contributed by atoms with van der Waals surface area (Å²) in [5, 5.41) is 6.26. The van der Waals surface area contributed by atoms with E-state index in [0.717, 1.165) is 32.4 Å². The van der Waals surface area contributed by atoms with E-state index in [1.807, 2.05) is 9.80 Å². The largest absolute Gasteiger partial charge is 0.367 e. The Hall–Kier alpha value is -1.41. The van der Waals surface area contributed by atoms with E-state index in [1.165, 1.54) is 19.3 Å². The van der Waals surface area contributed by atoms with Crippen molar-refractivity contribution in [3.63, 3.8) is 0 Å². The fraction of sp³-hybridized carbons (Fsp3) is 0.857. The summed E-state index contributed by atoms with van der Waals surface area (Å²) in [4.78, 5) is 30.2. The van der Waals surface area contributed by atoms with E-state index in [9.17, 15) is 9.59 Å². The molecular weight excluding hydrogens is 386 g/mol. The standard InChI is InChI=1S/C21H37N5O2S/c1-4-5-6-14-12-25(13-14)20(28)23-11-16-8-7-15-9-21(2,3)18(19(27)26(15)16)24-17(29)10-22/h14-16,18H,4-13,22H2,1-3H3,(H,23,28)(H,24,29)/t15?,16-,18-/m1/s1. The van der Waals surface area contributed by atoms with E-state index in [0.29, 0.717) is 17.5 Å². The van der Waals surface area contributed by atoms with Crippen LogP contribution in [0.3, 0.4) is 0 Å². The van der Waals surface area contributed by atoms with Crippen molar-refractivity contribution in [3.8, 4) is 0 Å². The van der Waals surface area contributed by atoms with E-state index >= 15 is 0 Å². The third-order valence-corrected chi connectivity index (χ3v) is 7.14. The van der Waals surface area contributed by atoms with E-state index in [-0.39, 0.29) is 42.0 Å². The zero-order valence-corrected chi connectivity index (χ0v) is 18.9. The number of nitrogens with one attached hydrogen (secondary N) is 2. The highest BCUT2D eigenvalue weighted by Gasteiger charge is 2.51. The number of amides is 3. The number of hydrogen-bond donors (Lipinski definition) is 3. The molecule has 8 heteroatoms. The van der Waals surface area contributed by atoms with Crippen molar-refractivity contribution in [1.82, 2.24) is 20.4 Å². The summed E-state index contributed by atoms with van der Waals surface area (Å²) < 4.78 is 0. The van der Waals surface area contributed by atoms with Crippen LogP contribution in [0.15, 0.2) is 0 Å². The predicted molar refractivity (Wildman–Crippen MR) is 119 cm³/mol. The maximum Gasteiger partial charge on any atom is 0.317 e. The van der Waals surface area contributed by atoms with Crippen molar-refractivity contribution >= 4 is 29.1 Å². The molecule has 7 nitrogen and oxygen atoms in total. The Labute approximate surface area is 180 Å². The SMILES string of the molecule is CCCCC1CN(C(=O)NC[C@H]2CCC3CC(C)(C)[C@H](NC(=S)CN)C(=O)N32)C1. The molecule has 3 heterocycles. The normalized spacial score (nSPS) is 28.7. The number of carbonyl (C=O) groups is 2. The highest BCUT2D eigenvalue weighted by molar-refractivity contribution is 7.80. The number of urea groups is 1. The number of nitrogens with two attached hydrogens (primary N) is 1. The molecule has 0 aromatic carbocycles. The Morgan fingerprint density at radius 3 is 2.69 bits per heavy atom. The Balaban J connectivity index is 1.54. The van der Waals surface area contributed by atoms with Gasteiger partial charge in [0.05, 0.1) is 4.99 Å². The lowest BCUT2D eigenvalue weighted by molar-refractivity contribution is -0.144. The van der Waals surface area contributed by atoms with Gasteiger partial charge in [0.15, 0.2) is 0 Å². The van der Waals surface area contributed by atoms with Gasteiger partial charge < -0.3 is 26.2 Å². The molecule has 29 heavy (non-hydrogen) atoms. The number of fused-ring (bicyclic) bond motifs is 1. The average molecular weight is 424 g/mol. The van der Waals surface area contributed by atoms with Crippen LogP contribution in [0.4, 0.5) is 4.79 Å². The summed E-state index contributed by atoms with van der Waals surface area (Å²) in [5.74, 6) is 0.739. The lowest BCUT2D eigenvalue weighted by Gasteiger charge is -2.47. The van der Waals surface area contributed by atoms with Gasteiger partial charge in [-0.25, -0.2) is 4.79 Å². The molecule has 0 aliphatic carbocycles. The van der Waals surface area contributed by atoms with Crippen LogP contribution >= 0.6 is 12.2 Å². The monoisotopic (exact) mass is 423 g/mol. The first-order valence-electron chi connectivity index (χ1n) is 11.1. The zero-order chi connectivity index (χ0) is 21.2. The maximum absolute atomic E-state index is 13.3. The molecule has 3 fully saturated rings. The van der Waals surface area contributed by atoms with Gasteiger partial charge in [-0.2, -0.15) is 0 Å². The zero-order valence-electron chi connectivity index (χ0n) is 18.1. The number of hydrogen-bond acceptors (Lipinski definition) is 4. The smallest absolute Gasteiger partial charge is 0.317 e. The quantitative estimate of drug-likeness (QED) is 0.544. The average Bonchev–Trinajstić information content (AvgIpc) is 3.03. The van der Waals surface area contributed by atoms with Gasteiger partial charge in [0.1, 0.15) is 6.04 Å². The molecule has 3 aliphatic rings. The Morgan fingerprint density at radius 1 is 1.31 bits per heavy atom. The number of likely N-dealkylation sites (tertiary alicyclic amines) is 1. The highest BCUT2D eigenvalue weighted by Crippen LogP contribution is 2.41. The Bertz CT molecular complexity index is 635. The van der Waals surface area contributed by atoms with Crippen LogP contribution in [0.25, 0.3) is 0 Å². The Morgan fingerprint density at radius 2 is 2.03 bits per heavy atom. The maximum atomic E-state index is 13.3. The van der Waals surface area contributed by atoms with Gasteiger partial charge in [-0.1, -0.05) is 45.8 Å². The second-order valence-corrected chi connectivity index (χ2v) is 10.1. The molecule has 3 rings (SSSR count). The fourth-order valence-corrected chi connectivity index (χ4v) is 5.25. The van der Waals surface area contributed by atoms with Crippen LogP contribution in [0, 0.1) is 11.3 Å². The molecule has 1 unspecified atom stereocenters. The lowest BCUT2D eigenvalue weighted by Crippen LogP contribution is -2.64. The summed E-state index contributed by atoms with van der Waals surface area (Å²) in [6.07, 6.45) is 6.51. The van der Waals surface area contributed by atoms with E-state index in [2.05, 4.69) is 31.4 Å². The first-order chi connectivity index (χ1) is 13.8. The van der Waals surface area contributed by atoms with Gasteiger partial charge in [0.2, 0.25) is 5.91 Å². The summed E-state index contributed by atoms with van der Waals surface area (Å²) in [6.45, 7) is 8.92. The number of rotatable bonds is 7. The van der Waals surface area contributed by atoms with E-state index in [1.54, 1.807) is 0 Å². The second kappa shape index (κ2) is 9.16. The molecule has 0 aromatic rings. The van der Waals surface area contributed by atoms with Crippen LogP contribution in [-0.4, -0.2) is 71.0 Å². The summed E-state index contributed by atoms with van der Waals surface area (Å²) in [6, 6.07) is -0.0578. The van der Waals surface area contributed by atoms with Gasteiger partial charge in [-0.05, 0) is 37.0 Å². The van der Waals surface area contributed by atoms with Crippen LogP contribution in [0.1, 0.15) is 59.3 Å². The first kappa shape index (κ1) is 22.3. The van der Waals surface area contributed by atoms with Gasteiger partial charge in [0.25, 0.3) is 0 Å². The van der Waals surface area contributed by atoms with Crippen molar-refractivity contribution in [2.24, 2.45) is 17.1 Å². The molecule has 4 N–H and O–H groups in total. The van der Waals surface area contributed by atoms with Gasteiger partial charge in [-0.3, -0.25) is 4.79 Å². The van der Waals surface area contributed by atoms with Crippen LogP contribution < -0.4 is 16.4 Å². The highest BCUT2D eigenvalue weighted by atomic mass is 32.1. The molecule has 0 spiro atoms. The summed E-state index contributed by atoms with van der Waals surface area (Å²) >= 11 is 5.24. The summed E-state index contributed by atoms with van der Waals surface area (Å²) in [7, 11) is 0. The molecule has 0 bridgehead atoms. The molecule has 3 amide bonds. The molecule has 164 valence electrons. The molecular formula is C21H37N5O2S. The minimum atomic E-state index is -0.360.